The molecule has 1 fully saturated rings. The van der Waals surface area contributed by atoms with Gasteiger partial charge in [0.1, 0.15) is 5.57 Å². The highest BCUT2D eigenvalue weighted by Gasteiger charge is 2.35. The molecular weight excluding hydrogens is 364 g/mol. The van der Waals surface area contributed by atoms with E-state index >= 15 is 0 Å². The van der Waals surface area contributed by atoms with Gasteiger partial charge in [0.2, 0.25) is 0 Å². The molecule has 0 bridgehead atoms. The van der Waals surface area contributed by atoms with Gasteiger partial charge in [-0.1, -0.05) is 6.08 Å². The first-order valence-corrected chi connectivity index (χ1v) is 9.11. The van der Waals surface area contributed by atoms with Gasteiger partial charge >= 0.3 is 0 Å². The van der Waals surface area contributed by atoms with Crippen molar-refractivity contribution >= 4 is 35.2 Å². The molecule has 0 atom stereocenters. The molecule has 7 heteroatoms. The van der Waals surface area contributed by atoms with Gasteiger partial charge < -0.3 is 9.47 Å². The Kier molecular flexibility index (Phi) is 6.74. The molecule has 0 radical (unpaired) electrons. The molecule has 144 valence electrons. The van der Waals surface area contributed by atoms with Gasteiger partial charge in [-0.05, 0) is 56.3 Å². The number of benzene rings is 1. The van der Waals surface area contributed by atoms with E-state index in [0.29, 0.717) is 36.7 Å². The van der Waals surface area contributed by atoms with Crippen LogP contribution < -0.4 is 9.47 Å². The lowest BCUT2D eigenvalue weighted by atomic mass is 10.0. The molecule has 2 amide bonds. The molecule has 1 heterocycles. The lowest BCUT2D eigenvalue weighted by Crippen LogP contribution is -2.52. The van der Waals surface area contributed by atoms with Crippen molar-refractivity contribution in [3.8, 4) is 11.5 Å². The SMILES string of the molecule is C=CCc1cc(C=C2C(=O)N(C)C(=S)N(C)C2=O)cc(OCC)c1OCC. The molecule has 0 aromatic heterocycles. The maximum atomic E-state index is 12.5. The number of thiocarbonyl (C=S) groups is 1. The van der Waals surface area contributed by atoms with Crippen molar-refractivity contribution in [2.24, 2.45) is 0 Å². The molecule has 0 unspecified atom stereocenters. The van der Waals surface area contributed by atoms with Crippen LogP contribution in [0.4, 0.5) is 0 Å². The molecule has 1 aliphatic rings. The number of carbonyl (C=O) groups is 2. The van der Waals surface area contributed by atoms with Crippen LogP contribution >= 0.6 is 12.2 Å². The Morgan fingerprint density at radius 2 is 1.67 bits per heavy atom. The highest BCUT2D eigenvalue weighted by molar-refractivity contribution is 7.80. The summed E-state index contributed by atoms with van der Waals surface area (Å²) in [6, 6.07) is 3.64. The largest absolute Gasteiger partial charge is 0.490 e. The van der Waals surface area contributed by atoms with Crippen LogP contribution in [0, 0.1) is 0 Å². The number of carbonyl (C=O) groups excluding carboxylic acids is 2. The summed E-state index contributed by atoms with van der Waals surface area (Å²) in [7, 11) is 3.10. The van der Waals surface area contributed by atoms with Crippen LogP contribution in [-0.2, 0) is 16.0 Å². The molecule has 6 nitrogen and oxygen atoms in total. The Labute approximate surface area is 165 Å². The molecule has 2 rings (SSSR count). The van der Waals surface area contributed by atoms with E-state index in [9.17, 15) is 9.59 Å². The average Bonchev–Trinajstić information content (AvgIpc) is 2.65. The van der Waals surface area contributed by atoms with Crippen molar-refractivity contribution in [3.63, 3.8) is 0 Å². The predicted molar refractivity (Wildman–Crippen MR) is 109 cm³/mol. The van der Waals surface area contributed by atoms with Crippen LogP contribution in [0.15, 0.2) is 30.4 Å². The van der Waals surface area contributed by atoms with Crippen molar-refractivity contribution in [1.82, 2.24) is 9.80 Å². The summed E-state index contributed by atoms with van der Waals surface area (Å²) in [5.74, 6) is 0.358. The Morgan fingerprint density at radius 1 is 1.07 bits per heavy atom. The van der Waals surface area contributed by atoms with Gasteiger partial charge in [-0.15, -0.1) is 6.58 Å². The fraction of sp³-hybridized carbons (Fsp3) is 0.350. The normalized spacial score (nSPS) is 14.5. The van der Waals surface area contributed by atoms with Gasteiger partial charge in [-0.25, -0.2) is 0 Å². The van der Waals surface area contributed by atoms with E-state index in [-0.39, 0.29) is 10.7 Å². The highest BCUT2D eigenvalue weighted by atomic mass is 32.1. The van der Waals surface area contributed by atoms with E-state index in [1.807, 2.05) is 19.9 Å². The van der Waals surface area contributed by atoms with E-state index in [1.165, 1.54) is 9.80 Å². The summed E-state index contributed by atoms with van der Waals surface area (Å²) in [5, 5.41) is 0.177. The minimum atomic E-state index is -0.430. The molecule has 1 aromatic rings. The highest BCUT2D eigenvalue weighted by Crippen LogP contribution is 2.35. The van der Waals surface area contributed by atoms with Crippen LogP contribution in [0.3, 0.4) is 0 Å². The minimum Gasteiger partial charge on any atom is -0.490 e. The second kappa shape index (κ2) is 8.81. The zero-order valence-corrected chi connectivity index (χ0v) is 16.9. The number of hydrogen-bond donors (Lipinski definition) is 0. The first-order chi connectivity index (χ1) is 12.8. The lowest BCUT2D eigenvalue weighted by Gasteiger charge is -2.31. The first-order valence-electron chi connectivity index (χ1n) is 8.70. The van der Waals surface area contributed by atoms with Crippen molar-refractivity contribution in [1.29, 1.82) is 0 Å². The van der Waals surface area contributed by atoms with Crippen molar-refractivity contribution in [2.45, 2.75) is 20.3 Å². The van der Waals surface area contributed by atoms with E-state index in [4.69, 9.17) is 21.7 Å². The summed E-state index contributed by atoms with van der Waals surface area (Å²) >= 11 is 5.11. The Balaban J connectivity index is 2.58. The summed E-state index contributed by atoms with van der Waals surface area (Å²) in [5.41, 5.74) is 1.59. The predicted octanol–water partition coefficient (Wildman–Crippen LogP) is 2.81. The van der Waals surface area contributed by atoms with Crippen molar-refractivity contribution in [3.05, 3.63) is 41.5 Å². The molecule has 1 aromatic carbocycles. The number of nitrogens with zero attached hydrogens (tertiary/aromatic N) is 2. The third-order valence-corrected chi connectivity index (χ3v) is 4.61. The quantitative estimate of drug-likeness (QED) is 0.311. The number of allylic oxidation sites excluding steroid dienone is 1. The third kappa shape index (κ3) is 4.19. The first kappa shape index (κ1) is 20.6. The Bertz CT molecular complexity index is 790. The van der Waals surface area contributed by atoms with Gasteiger partial charge in [0.15, 0.2) is 16.6 Å². The maximum absolute atomic E-state index is 12.5. The number of hydrogen-bond acceptors (Lipinski definition) is 5. The molecule has 0 N–H and O–H groups in total. The monoisotopic (exact) mass is 388 g/mol. The van der Waals surface area contributed by atoms with Crippen LogP contribution in [0.2, 0.25) is 0 Å². The van der Waals surface area contributed by atoms with Gasteiger partial charge in [0.25, 0.3) is 11.8 Å². The Morgan fingerprint density at radius 3 is 2.19 bits per heavy atom. The number of amides is 2. The zero-order chi connectivity index (χ0) is 20.1. The smallest absolute Gasteiger partial charge is 0.265 e. The van der Waals surface area contributed by atoms with E-state index in [1.54, 1.807) is 32.3 Å². The molecule has 1 aliphatic heterocycles. The zero-order valence-electron chi connectivity index (χ0n) is 16.1. The van der Waals surface area contributed by atoms with Crippen LogP contribution in [0.1, 0.15) is 25.0 Å². The molecule has 0 aliphatic carbocycles. The van der Waals surface area contributed by atoms with E-state index in [0.717, 1.165) is 5.56 Å². The van der Waals surface area contributed by atoms with Crippen LogP contribution in [0.25, 0.3) is 6.08 Å². The van der Waals surface area contributed by atoms with Gasteiger partial charge in [0, 0.05) is 19.7 Å². The summed E-state index contributed by atoms with van der Waals surface area (Å²) < 4.78 is 11.5. The van der Waals surface area contributed by atoms with Crippen LogP contribution in [0.5, 0.6) is 11.5 Å². The molecular formula is C20H24N2O4S. The summed E-state index contributed by atoms with van der Waals surface area (Å²) in [6.07, 6.45) is 3.89. The second-order valence-electron chi connectivity index (χ2n) is 5.94. The van der Waals surface area contributed by atoms with Crippen molar-refractivity contribution in [2.75, 3.05) is 27.3 Å². The van der Waals surface area contributed by atoms with E-state index < -0.39 is 11.8 Å². The topological polar surface area (TPSA) is 59.1 Å². The minimum absolute atomic E-state index is 0.0461. The van der Waals surface area contributed by atoms with Gasteiger partial charge in [-0.2, -0.15) is 0 Å². The second-order valence-corrected chi connectivity index (χ2v) is 6.30. The Hall–Kier alpha value is -2.67. The summed E-state index contributed by atoms with van der Waals surface area (Å²) in [4.78, 5) is 27.6. The molecule has 0 saturated carbocycles. The standard InChI is InChI=1S/C20H24N2O4S/c1-6-9-14-10-13(12-16(25-7-2)17(14)26-8-3)11-15-18(23)21(4)20(27)22(5)19(15)24/h6,10-12H,1,7-9H2,2-5H3. The average molecular weight is 388 g/mol. The summed E-state index contributed by atoms with van der Waals surface area (Å²) in [6.45, 7) is 8.52. The maximum Gasteiger partial charge on any atom is 0.265 e. The van der Waals surface area contributed by atoms with Gasteiger partial charge in [-0.3, -0.25) is 19.4 Å². The van der Waals surface area contributed by atoms with Crippen LogP contribution in [-0.4, -0.2) is 54.0 Å². The fourth-order valence-electron chi connectivity index (χ4n) is 2.79. The molecule has 27 heavy (non-hydrogen) atoms. The van der Waals surface area contributed by atoms with E-state index in [2.05, 4.69) is 6.58 Å². The molecule has 0 spiro atoms. The van der Waals surface area contributed by atoms with Gasteiger partial charge in [0.05, 0.1) is 13.2 Å². The number of ether oxygens (including phenoxy) is 2. The molecule has 1 saturated heterocycles. The van der Waals surface area contributed by atoms with Crippen molar-refractivity contribution < 1.29 is 19.1 Å². The lowest BCUT2D eigenvalue weighted by molar-refractivity contribution is -0.132. The fourth-order valence-corrected chi connectivity index (χ4v) is 2.95. The number of rotatable bonds is 7. The number of likely N-dealkylation sites (N-methyl/N-ethyl adjacent to an activating group) is 2. The third-order valence-electron chi connectivity index (χ3n) is 4.06.